The van der Waals surface area contributed by atoms with Crippen molar-refractivity contribution in [3.05, 3.63) is 111 Å². The summed E-state index contributed by atoms with van der Waals surface area (Å²) >= 11 is 6.83. The SMILES string of the molecule is Cc1c(COc2cc(OCc3cncc(C#N)c3)c(CN3CCCCC3C(=O)O)cc2Cl)cccc1-c1cccc(C(=O)N2CCCC2)c1C. The number of likely N-dealkylation sites (tertiary alicyclic amines) is 2. The van der Waals surface area contributed by atoms with Crippen LogP contribution in [0.3, 0.4) is 0 Å². The molecule has 2 fully saturated rings. The summed E-state index contributed by atoms with van der Waals surface area (Å²) in [7, 11) is 0. The molecule has 1 amide bonds. The van der Waals surface area contributed by atoms with E-state index in [-0.39, 0.29) is 19.1 Å². The van der Waals surface area contributed by atoms with Crippen LogP contribution in [0.5, 0.6) is 11.5 Å². The van der Waals surface area contributed by atoms with E-state index < -0.39 is 12.0 Å². The Morgan fingerprint density at radius 1 is 0.900 bits per heavy atom. The van der Waals surface area contributed by atoms with Crippen molar-refractivity contribution in [1.29, 1.82) is 5.26 Å². The molecule has 2 aliphatic heterocycles. The third kappa shape index (κ3) is 7.77. The Bertz CT molecular complexity index is 1930. The van der Waals surface area contributed by atoms with E-state index in [1.54, 1.807) is 24.4 Å². The Labute approximate surface area is 298 Å². The van der Waals surface area contributed by atoms with Gasteiger partial charge in [0.1, 0.15) is 36.8 Å². The fraction of sp³-hybridized carbons (Fsp3) is 0.350. The number of nitriles is 1. The van der Waals surface area contributed by atoms with Gasteiger partial charge in [0.2, 0.25) is 0 Å². The summed E-state index contributed by atoms with van der Waals surface area (Å²) in [4.78, 5) is 33.4. The van der Waals surface area contributed by atoms with E-state index in [2.05, 4.69) is 30.1 Å². The molecule has 2 saturated heterocycles. The topological polar surface area (TPSA) is 116 Å². The van der Waals surface area contributed by atoms with Crippen molar-refractivity contribution >= 4 is 23.5 Å². The van der Waals surface area contributed by atoms with Crippen molar-refractivity contribution in [3.8, 4) is 28.7 Å². The van der Waals surface area contributed by atoms with Crippen LogP contribution in [-0.4, -0.2) is 57.4 Å². The van der Waals surface area contributed by atoms with Gasteiger partial charge in [0.05, 0.1) is 10.6 Å². The van der Waals surface area contributed by atoms with Gasteiger partial charge in [0.25, 0.3) is 5.91 Å². The molecule has 6 rings (SSSR count). The summed E-state index contributed by atoms with van der Waals surface area (Å²) in [6, 6.07) is 18.8. The summed E-state index contributed by atoms with van der Waals surface area (Å²) in [5.41, 5.74) is 7.66. The van der Waals surface area contributed by atoms with Gasteiger partial charge in [0, 0.05) is 54.8 Å². The number of benzene rings is 3. The fourth-order valence-electron chi connectivity index (χ4n) is 6.95. The highest BCUT2D eigenvalue weighted by molar-refractivity contribution is 6.32. The molecule has 10 heteroatoms. The Balaban J connectivity index is 1.26. The molecule has 1 unspecified atom stereocenters. The van der Waals surface area contributed by atoms with E-state index in [0.717, 1.165) is 83.3 Å². The number of aliphatic carboxylic acids is 1. The lowest BCUT2D eigenvalue weighted by Crippen LogP contribution is -2.44. The monoisotopic (exact) mass is 692 g/mol. The number of carboxylic acid groups (broad SMARTS) is 1. The molecule has 4 aromatic rings. The molecule has 3 heterocycles. The normalized spacial score (nSPS) is 16.2. The smallest absolute Gasteiger partial charge is 0.320 e. The maximum Gasteiger partial charge on any atom is 0.320 e. The van der Waals surface area contributed by atoms with Crippen LogP contribution in [0, 0.1) is 25.2 Å². The number of hydrogen-bond donors (Lipinski definition) is 1. The van der Waals surface area contributed by atoms with Crippen molar-refractivity contribution in [3.63, 3.8) is 0 Å². The van der Waals surface area contributed by atoms with Crippen LogP contribution >= 0.6 is 11.6 Å². The number of hydrogen-bond acceptors (Lipinski definition) is 7. The first-order valence-electron chi connectivity index (χ1n) is 17.1. The summed E-state index contributed by atoms with van der Waals surface area (Å²) in [6.07, 6.45) is 7.60. The van der Waals surface area contributed by atoms with E-state index in [0.29, 0.717) is 41.6 Å². The predicted molar refractivity (Wildman–Crippen MR) is 191 cm³/mol. The van der Waals surface area contributed by atoms with Gasteiger partial charge in [-0.3, -0.25) is 19.5 Å². The largest absolute Gasteiger partial charge is 0.488 e. The van der Waals surface area contributed by atoms with Crippen molar-refractivity contribution in [1.82, 2.24) is 14.8 Å². The van der Waals surface area contributed by atoms with Crippen LogP contribution in [0.25, 0.3) is 11.1 Å². The highest BCUT2D eigenvalue weighted by atomic mass is 35.5. The molecule has 1 N–H and O–H groups in total. The zero-order valence-corrected chi connectivity index (χ0v) is 29.2. The predicted octanol–water partition coefficient (Wildman–Crippen LogP) is 7.72. The molecule has 0 radical (unpaired) electrons. The van der Waals surface area contributed by atoms with Crippen LogP contribution < -0.4 is 9.47 Å². The van der Waals surface area contributed by atoms with Crippen LogP contribution in [-0.2, 0) is 24.6 Å². The second-order valence-corrected chi connectivity index (χ2v) is 13.5. The Morgan fingerprint density at radius 3 is 2.38 bits per heavy atom. The van der Waals surface area contributed by atoms with Crippen LogP contribution in [0.15, 0.2) is 67.0 Å². The van der Waals surface area contributed by atoms with Gasteiger partial charge in [-0.25, -0.2) is 0 Å². The molecule has 0 bridgehead atoms. The summed E-state index contributed by atoms with van der Waals surface area (Å²) < 4.78 is 12.6. The van der Waals surface area contributed by atoms with Gasteiger partial charge >= 0.3 is 5.97 Å². The number of piperidine rings is 1. The van der Waals surface area contributed by atoms with E-state index in [9.17, 15) is 20.0 Å². The number of rotatable bonds is 11. The van der Waals surface area contributed by atoms with Crippen molar-refractivity contribution in [2.75, 3.05) is 19.6 Å². The zero-order valence-electron chi connectivity index (χ0n) is 28.5. The van der Waals surface area contributed by atoms with Crippen LogP contribution in [0.4, 0.5) is 0 Å². The Hall–Kier alpha value is -4.91. The van der Waals surface area contributed by atoms with Gasteiger partial charge in [-0.2, -0.15) is 5.26 Å². The number of pyridine rings is 1. The van der Waals surface area contributed by atoms with Gasteiger partial charge in [-0.05, 0) is 92.1 Å². The molecule has 0 spiro atoms. The molecule has 3 aromatic carbocycles. The standard InChI is InChI=1S/C40H41ClN4O5/c1-26-30(9-7-10-32(26)33-11-8-12-34(27(33)2)39(46)44-14-5-6-15-44)25-50-38-19-37(49-24-29-17-28(20-42)21-43-22-29)31(18-35(38)41)23-45-16-4-3-13-36(45)40(47)48/h7-12,17-19,21-22,36H,3-6,13-16,23-25H2,1-2H3,(H,47,48). The highest BCUT2D eigenvalue weighted by Crippen LogP contribution is 2.37. The average Bonchev–Trinajstić information content (AvgIpc) is 3.67. The van der Waals surface area contributed by atoms with E-state index in [1.807, 2.05) is 41.0 Å². The third-order valence-electron chi connectivity index (χ3n) is 9.78. The third-order valence-corrected chi connectivity index (χ3v) is 10.1. The van der Waals surface area contributed by atoms with Crippen molar-refractivity contribution in [2.45, 2.75) is 71.8 Å². The number of halogens is 1. The van der Waals surface area contributed by atoms with Gasteiger partial charge < -0.3 is 19.5 Å². The summed E-state index contributed by atoms with van der Waals surface area (Å²) in [6.45, 7) is 7.08. The fourth-order valence-corrected chi connectivity index (χ4v) is 7.19. The van der Waals surface area contributed by atoms with E-state index in [4.69, 9.17) is 21.1 Å². The molecule has 1 atom stereocenters. The zero-order chi connectivity index (χ0) is 35.2. The summed E-state index contributed by atoms with van der Waals surface area (Å²) in [5, 5.41) is 19.6. The number of ether oxygens (including phenoxy) is 2. The molecule has 0 aliphatic carbocycles. The number of amides is 1. The highest BCUT2D eigenvalue weighted by Gasteiger charge is 2.29. The quantitative estimate of drug-likeness (QED) is 0.170. The molecule has 50 heavy (non-hydrogen) atoms. The number of carbonyl (C=O) groups is 2. The van der Waals surface area contributed by atoms with E-state index >= 15 is 0 Å². The number of carboxylic acids is 1. The van der Waals surface area contributed by atoms with Gasteiger partial charge in [0.15, 0.2) is 0 Å². The molecular weight excluding hydrogens is 652 g/mol. The summed E-state index contributed by atoms with van der Waals surface area (Å²) in [5.74, 6) is 0.196. The minimum Gasteiger partial charge on any atom is -0.488 e. The van der Waals surface area contributed by atoms with E-state index in [1.165, 1.54) is 6.20 Å². The maximum atomic E-state index is 13.3. The number of aromatic nitrogens is 1. The molecule has 258 valence electrons. The lowest BCUT2D eigenvalue weighted by atomic mass is 9.91. The lowest BCUT2D eigenvalue weighted by molar-refractivity contribution is -0.144. The minimum absolute atomic E-state index is 0.0860. The van der Waals surface area contributed by atoms with Crippen LogP contribution in [0.2, 0.25) is 5.02 Å². The Morgan fingerprint density at radius 2 is 1.62 bits per heavy atom. The minimum atomic E-state index is -0.838. The molecule has 0 saturated carbocycles. The molecular formula is C40H41ClN4O5. The Kier molecular flexibility index (Phi) is 11.0. The van der Waals surface area contributed by atoms with Crippen molar-refractivity contribution in [2.24, 2.45) is 0 Å². The molecule has 1 aromatic heterocycles. The average molecular weight is 693 g/mol. The lowest BCUT2D eigenvalue weighted by Gasteiger charge is -2.33. The number of nitrogens with zero attached hydrogens (tertiary/aromatic N) is 4. The first kappa shape index (κ1) is 34.9. The van der Waals surface area contributed by atoms with Crippen molar-refractivity contribution < 1.29 is 24.2 Å². The second-order valence-electron chi connectivity index (χ2n) is 13.0. The van der Waals surface area contributed by atoms with Gasteiger partial charge in [-0.1, -0.05) is 48.4 Å². The first-order valence-corrected chi connectivity index (χ1v) is 17.5. The second kappa shape index (κ2) is 15.8. The molecule has 2 aliphatic rings. The number of carbonyl (C=O) groups excluding carboxylic acids is 1. The van der Waals surface area contributed by atoms with Crippen LogP contribution in [0.1, 0.15) is 75.8 Å². The first-order chi connectivity index (χ1) is 24.2. The molecule has 9 nitrogen and oxygen atoms in total. The van der Waals surface area contributed by atoms with Gasteiger partial charge in [-0.15, -0.1) is 0 Å². The maximum absolute atomic E-state index is 13.3.